The van der Waals surface area contributed by atoms with Gasteiger partial charge in [-0.15, -0.1) is 0 Å². The number of rotatable bonds is 4. The summed E-state index contributed by atoms with van der Waals surface area (Å²) in [6, 6.07) is 17.1. The first-order valence-electron chi connectivity index (χ1n) is 10.1. The van der Waals surface area contributed by atoms with E-state index in [0.29, 0.717) is 11.4 Å². The van der Waals surface area contributed by atoms with Crippen LogP contribution in [-0.2, 0) is 9.59 Å². The molecule has 1 aliphatic heterocycles. The minimum Gasteiger partial charge on any atom is -0.497 e. The topological polar surface area (TPSA) is 63.6 Å². The molecule has 0 radical (unpaired) electrons. The van der Waals surface area contributed by atoms with Crippen molar-refractivity contribution >= 4 is 40.9 Å². The number of nitrogens with one attached hydrogen (secondary N) is 1. The molecule has 6 nitrogen and oxygen atoms in total. The molecule has 1 saturated heterocycles. The molecule has 1 aliphatic rings. The average Bonchev–Trinajstić information content (AvgIpc) is 3.14. The van der Waals surface area contributed by atoms with Crippen LogP contribution in [0.2, 0.25) is 0 Å². The number of aryl methyl sites for hydroxylation is 2. The Balaban J connectivity index is 1.78. The lowest BCUT2D eigenvalue weighted by molar-refractivity contribution is -0.122. The highest BCUT2D eigenvalue weighted by molar-refractivity contribution is 7.80. The molecule has 32 heavy (non-hydrogen) atoms. The highest BCUT2D eigenvalue weighted by Gasteiger charge is 2.35. The Morgan fingerprint density at radius 1 is 0.969 bits per heavy atom. The number of anilines is 1. The lowest BCUT2D eigenvalue weighted by atomic mass is 10.0. The Morgan fingerprint density at radius 3 is 2.38 bits per heavy atom. The molecule has 0 unspecified atom stereocenters. The van der Waals surface area contributed by atoms with Crippen molar-refractivity contribution < 1.29 is 14.3 Å². The summed E-state index contributed by atoms with van der Waals surface area (Å²) in [5.41, 5.74) is 5.21. The number of carbonyl (C=O) groups is 2. The SMILES string of the molecule is COc1ccc(-n2c(C)ccc2/C=C2\C(=O)NC(=S)N(c3cccc(C)c3C)C2=O)cc1. The fraction of sp³-hybridized carbons (Fsp3) is 0.160. The number of nitrogens with zero attached hydrogens (tertiary/aromatic N) is 2. The monoisotopic (exact) mass is 445 g/mol. The van der Waals surface area contributed by atoms with Crippen molar-refractivity contribution in [2.75, 3.05) is 12.0 Å². The van der Waals surface area contributed by atoms with Crippen molar-refractivity contribution in [3.8, 4) is 11.4 Å². The van der Waals surface area contributed by atoms with Gasteiger partial charge in [-0.2, -0.15) is 0 Å². The Kier molecular flexibility index (Phi) is 5.67. The summed E-state index contributed by atoms with van der Waals surface area (Å²) in [6.45, 7) is 5.86. The van der Waals surface area contributed by atoms with Gasteiger partial charge in [-0.05, 0) is 92.7 Å². The predicted octanol–water partition coefficient (Wildman–Crippen LogP) is 4.24. The largest absolute Gasteiger partial charge is 0.497 e. The van der Waals surface area contributed by atoms with Gasteiger partial charge in [0.25, 0.3) is 11.8 Å². The second-order valence-electron chi connectivity index (χ2n) is 7.61. The van der Waals surface area contributed by atoms with Crippen molar-refractivity contribution in [2.45, 2.75) is 20.8 Å². The molecule has 0 atom stereocenters. The smallest absolute Gasteiger partial charge is 0.270 e. The molecule has 1 fully saturated rings. The van der Waals surface area contributed by atoms with E-state index >= 15 is 0 Å². The molecule has 1 N–H and O–H groups in total. The van der Waals surface area contributed by atoms with Gasteiger partial charge in [0.15, 0.2) is 5.11 Å². The normalized spacial score (nSPS) is 15.3. The maximum Gasteiger partial charge on any atom is 0.270 e. The van der Waals surface area contributed by atoms with Crippen LogP contribution in [0.5, 0.6) is 5.75 Å². The molecular formula is C25H23N3O3S. The zero-order valence-corrected chi connectivity index (χ0v) is 19.1. The average molecular weight is 446 g/mol. The van der Waals surface area contributed by atoms with Crippen LogP contribution >= 0.6 is 12.2 Å². The van der Waals surface area contributed by atoms with Crippen molar-refractivity contribution in [3.63, 3.8) is 0 Å². The zero-order chi connectivity index (χ0) is 23.0. The third-order valence-corrected chi connectivity index (χ3v) is 5.93. The Hall–Kier alpha value is -3.71. The quantitative estimate of drug-likeness (QED) is 0.371. The van der Waals surface area contributed by atoms with Crippen molar-refractivity contribution in [1.82, 2.24) is 9.88 Å². The molecule has 0 aliphatic carbocycles. The number of ether oxygens (including phenoxy) is 1. The van der Waals surface area contributed by atoms with Crippen LogP contribution in [0.15, 0.2) is 60.2 Å². The van der Waals surface area contributed by atoms with Gasteiger partial charge in [0.05, 0.1) is 12.8 Å². The molecule has 2 aromatic carbocycles. The third kappa shape index (κ3) is 3.71. The summed E-state index contributed by atoms with van der Waals surface area (Å²) in [5, 5.41) is 2.74. The molecule has 0 spiro atoms. The highest BCUT2D eigenvalue weighted by atomic mass is 32.1. The molecule has 7 heteroatoms. The molecule has 162 valence electrons. The van der Waals surface area contributed by atoms with E-state index < -0.39 is 11.8 Å². The third-order valence-electron chi connectivity index (χ3n) is 5.65. The van der Waals surface area contributed by atoms with Crippen molar-refractivity contribution in [3.05, 3.63) is 82.7 Å². The number of hydrogen-bond donors (Lipinski definition) is 1. The van der Waals surface area contributed by atoms with Crippen LogP contribution < -0.4 is 15.0 Å². The van der Waals surface area contributed by atoms with Gasteiger partial charge in [0.2, 0.25) is 0 Å². The van der Waals surface area contributed by atoms with Crippen LogP contribution in [0.4, 0.5) is 5.69 Å². The molecule has 1 aromatic heterocycles. The van der Waals surface area contributed by atoms with E-state index in [1.54, 1.807) is 13.2 Å². The number of amides is 2. The van der Waals surface area contributed by atoms with Crippen LogP contribution in [-0.4, -0.2) is 28.6 Å². The Labute approximate surface area is 192 Å². The number of benzene rings is 2. The number of methoxy groups -OCH3 is 1. The molecular weight excluding hydrogens is 422 g/mol. The Bertz CT molecular complexity index is 1270. The van der Waals surface area contributed by atoms with E-state index in [4.69, 9.17) is 17.0 Å². The molecule has 2 heterocycles. The fourth-order valence-electron chi connectivity index (χ4n) is 3.76. The predicted molar refractivity (Wildman–Crippen MR) is 129 cm³/mol. The van der Waals surface area contributed by atoms with Gasteiger partial charge in [0, 0.05) is 17.1 Å². The number of hydrogen-bond acceptors (Lipinski definition) is 4. The molecule has 4 rings (SSSR count). The molecule has 0 saturated carbocycles. The van der Waals surface area contributed by atoms with Gasteiger partial charge >= 0.3 is 0 Å². The van der Waals surface area contributed by atoms with E-state index in [1.807, 2.05) is 79.9 Å². The minimum atomic E-state index is -0.512. The van der Waals surface area contributed by atoms with E-state index in [-0.39, 0.29) is 10.7 Å². The maximum absolute atomic E-state index is 13.4. The second-order valence-corrected chi connectivity index (χ2v) is 8.00. The van der Waals surface area contributed by atoms with E-state index in [0.717, 1.165) is 28.3 Å². The lowest BCUT2D eigenvalue weighted by Crippen LogP contribution is -2.54. The summed E-state index contributed by atoms with van der Waals surface area (Å²) in [7, 11) is 1.62. The van der Waals surface area contributed by atoms with Gasteiger partial charge in [-0.3, -0.25) is 19.8 Å². The van der Waals surface area contributed by atoms with Gasteiger partial charge in [-0.1, -0.05) is 12.1 Å². The number of thiocarbonyl (C=S) groups is 1. The molecule has 2 amide bonds. The summed E-state index contributed by atoms with van der Waals surface area (Å²) in [6.07, 6.45) is 1.61. The molecule has 3 aromatic rings. The first-order valence-corrected chi connectivity index (χ1v) is 10.5. The highest BCUT2D eigenvalue weighted by Crippen LogP contribution is 2.28. The summed E-state index contributed by atoms with van der Waals surface area (Å²) in [4.78, 5) is 27.6. The van der Waals surface area contributed by atoms with Crippen LogP contribution in [0.3, 0.4) is 0 Å². The fourth-order valence-corrected chi connectivity index (χ4v) is 4.03. The summed E-state index contributed by atoms with van der Waals surface area (Å²) < 4.78 is 7.22. The van der Waals surface area contributed by atoms with Crippen molar-refractivity contribution in [2.24, 2.45) is 0 Å². The van der Waals surface area contributed by atoms with E-state index in [9.17, 15) is 9.59 Å². The van der Waals surface area contributed by atoms with Crippen LogP contribution in [0.1, 0.15) is 22.5 Å². The first-order chi connectivity index (χ1) is 15.3. The summed E-state index contributed by atoms with van der Waals surface area (Å²) >= 11 is 5.34. The van der Waals surface area contributed by atoms with Crippen LogP contribution in [0, 0.1) is 20.8 Å². The van der Waals surface area contributed by atoms with Crippen molar-refractivity contribution in [1.29, 1.82) is 0 Å². The van der Waals surface area contributed by atoms with Gasteiger partial charge in [-0.25, -0.2) is 0 Å². The van der Waals surface area contributed by atoms with E-state index in [2.05, 4.69) is 5.32 Å². The summed E-state index contributed by atoms with van der Waals surface area (Å²) in [5.74, 6) is -0.216. The zero-order valence-electron chi connectivity index (χ0n) is 18.3. The lowest BCUT2D eigenvalue weighted by Gasteiger charge is -2.30. The van der Waals surface area contributed by atoms with Crippen LogP contribution in [0.25, 0.3) is 11.8 Å². The standard InChI is InChI=1S/C25H23N3O3S/c1-15-6-5-7-22(17(15)3)28-24(30)21(23(29)26-25(28)32)14-19-9-8-16(2)27(19)18-10-12-20(31-4)13-11-18/h5-14H,1-4H3,(H,26,29,32)/b21-14+. The molecule has 0 bridgehead atoms. The van der Waals surface area contributed by atoms with Gasteiger partial charge in [0.1, 0.15) is 11.3 Å². The van der Waals surface area contributed by atoms with E-state index in [1.165, 1.54) is 4.90 Å². The maximum atomic E-state index is 13.4. The number of carbonyl (C=O) groups excluding carboxylic acids is 2. The Morgan fingerprint density at radius 2 is 1.69 bits per heavy atom. The number of aromatic nitrogens is 1. The minimum absolute atomic E-state index is 0.0207. The first kappa shape index (κ1) is 21.5. The van der Waals surface area contributed by atoms with Gasteiger partial charge < -0.3 is 9.30 Å². The second kappa shape index (κ2) is 8.43.